The standard InChI is InChI=1S/C12H14N4O2S/c17-9-6-4-8(5-7-9)16-12(13-14-15-16)19-11-3-1-2-10(11)18/h4-7,10-11,17-18H,1-3H2/t10-,11-/m1/s1. The predicted octanol–water partition coefficient (Wildman–Crippen LogP) is 1.37. The largest absolute Gasteiger partial charge is 0.508 e. The second kappa shape index (κ2) is 5.18. The number of hydrogen-bond acceptors (Lipinski definition) is 6. The normalized spacial score (nSPS) is 22.8. The lowest BCUT2D eigenvalue weighted by Crippen LogP contribution is -2.16. The van der Waals surface area contributed by atoms with E-state index >= 15 is 0 Å². The van der Waals surface area contributed by atoms with E-state index in [9.17, 15) is 10.2 Å². The first kappa shape index (κ1) is 12.4. The van der Waals surface area contributed by atoms with Crippen LogP contribution < -0.4 is 0 Å². The summed E-state index contributed by atoms with van der Waals surface area (Å²) >= 11 is 1.51. The molecule has 3 rings (SSSR count). The molecule has 19 heavy (non-hydrogen) atoms. The molecule has 2 atom stereocenters. The number of aliphatic hydroxyl groups is 1. The summed E-state index contributed by atoms with van der Waals surface area (Å²) in [6.07, 6.45) is 2.58. The van der Waals surface area contributed by atoms with Gasteiger partial charge in [-0.1, -0.05) is 11.8 Å². The molecular formula is C12H14N4O2S. The van der Waals surface area contributed by atoms with Gasteiger partial charge >= 0.3 is 0 Å². The lowest BCUT2D eigenvalue weighted by atomic mass is 10.3. The van der Waals surface area contributed by atoms with E-state index in [-0.39, 0.29) is 17.1 Å². The number of phenols is 1. The Morgan fingerprint density at radius 2 is 2.00 bits per heavy atom. The number of phenolic OH excluding ortho intramolecular Hbond substituents is 1. The van der Waals surface area contributed by atoms with Crippen LogP contribution in [0.4, 0.5) is 0 Å². The molecule has 100 valence electrons. The monoisotopic (exact) mass is 278 g/mol. The topological polar surface area (TPSA) is 84.1 Å². The molecule has 0 unspecified atom stereocenters. The van der Waals surface area contributed by atoms with Gasteiger partial charge in [0.25, 0.3) is 0 Å². The maximum absolute atomic E-state index is 9.85. The van der Waals surface area contributed by atoms with Gasteiger partial charge in [0.1, 0.15) is 5.75 Å². The summed E-state index contributed by atoms with van der Waals surface area (Å²) in [6, 6.07) is 6.69. The zero-order valence-corrected chi connectivity index (χ0v) is 11.0. The van der Waals surface area contributed by atoms with Gasteiger partial charge in [-0.15, -0.1) is 5.10 Å². The summed E-state index contributed by atoms with van der Waals surface area (Å²) in [5.41, 5.74) is 0.790. The second-order valence-electron chi connectivity index (χ2n) is 4.54. The number of rotatable bonds is 3. The van der Waals surface area contributed by atoms with Crippen LogP contribution in [0.3, 0.4) is 0 Å². The Morgan fingerprint density at radius 1 is 1.21 bits per heavy atom. The molecule has 1 fully saturated rings. The van der Waals surface area contributed by atoms with Gasteiger partial charge in [-0.25, -0.2) is 0 Å². The van der Waals surface area contributed by atoms with Crippen LogP contribution in [-0.4, -0.2) is 41.8 Å². The molecule has 0 bridgehead atoms. The molecule has 1 aliphatic carbocycles. The Hall–Kier alpha value is -1.60. The zero-order chi connectivity index (χ0) is 13.2. The zero-order valence-electron chi connectivity index (χ0n) is 10.2. The smallest absolute Gasteiger partial charge is 0.214 e. The summed E-state index contributed by atoms with van der Waals surface area (Å²) in [4.78, 5) is 0. The van der Waals surface area contributed by atoms with Gasteiger partial charge in [-0.3, -0.25) is 0 Å². The third kappa shape index (κ3) is 2.57. The van der Waals surface area contributed by atoms with Crippen molar-refractivity contribution in [1.29, 1.82) is 0 Å². The van der Waals surface area contributed by atoms with Crippen LogP contribution in [0.5, 0.6) is 5.75 Å². The van der Waals surface area contributed by atoms with E-state index < -0.39 is 0 Å². The number of thioether (sulfide) groups is 1. The van der Waals surface area contributed by atoms with Crippen molar-refractivity contribution in [1.82, 2.24) is 20.2 Å². The van der Waals surface area contributed by atoms with E-state index in [0.29, 0.717) is 5.16 Å². The average Bonchev–Trinajstić information content (AvgIpc) is 3.01. The van der Waals surface area contributed by atoms with Gasteiger partial charge < -0.3 is 10.2 Å². The highest BCUT2D eigenvalue weighted by molar-refractivity contribution is 7.99. The fourth-order valence-electron chi connectivity index (χ4n) is 2.19. The number of nitrogens with zero attached hydrogens (tertiary/aromatic N) is 4. The minimum absolute atomic E-state index is 0.155. The molecule has 0 saturated heterocycles. The van der Waals surface area contributed by atoms with E-state index in [1.807, 2.05) is 0 Å². The van der Waals surface area contributed by atoms with Crippen molar-refractivity contribution in [3.8, 4) is 11.4 Å². The number of aromatic nitrogens is 4. The Bertz CT molecular complexity index is 557. The number of tetrazole rings is 1. The van der Waals surface area contributed by atoms with Crippen LogP contribution in [0.25, 0.3) is 5.69 Å². The molecule has 0 amide bonds. The molecule has 0 spiro atoms. The van der Waals surface area contributed by atoms with E-state index in [2.05, 4.69) is 15.5 Å². The third-order valence-electron chi connectivity index (χ3n) is 3.21. The van der Waals surface area contributed by atoms with Crippen molar-refractivity contribution in [2.24, 2.45) is 0 Å². The first-order valence-corrected chi connectivity index (χ1v) is 7.04. The predicted molar refractivity (Wildman–Crippen MR) is 70.3 cm³/mol. The van der Waals surface area contributed by atoms with Gasteiger partial charge in [0.05, 0.1) is 11.8 Å². The molecule has 0 aliphatic heterocycles. The highest BCUT2D eigenvalue weighted by Crippen LogP contribution is 2.34. The van der Waals surface area contributed by atoms with Crippen LogP contribution in [-0.2, 0) is 0 Å². The fraction of sp³-hybridized carbons (Fsp3) is 0.417. The third-order valence-corrected chi connectivity index (χ3v) is 4.53. The quantitative estimate of drug-likeness (QED) is 0.882. The first-order valence-electron chi connectivity index (χ1n) is 6.16. The average molecular weight is 278 g/mol. The van der Waals surface area contributed by atoms with Crippen LogP contribution in [0, 0.1) is 0 Å². The number of aliphatic hydroxyl groups excluding tert-OH is 1. The lowest BCUT2D eigenvalue weighted by molar-refractivity contribution is 0.188. The van der Waals surface area contributed by atoms with E-state index in [1.54, 1.807) is 28.9 Å². The van der Waals surface area contributed by atoms with Crippen LogP contribution in [0.1, 0.15) is 19.3 Å². The van der Waals surface area contributed by atoms with Gasteiger partial charge in [-0.2, -0.15) is 4.68 Å². The van der Waals surface area contributed by atoms with Crippen molar-refractivity contribution in [3.63, 3.8) is 0 Å². The second-order valence-corrected chi connectivity index (χ2v) is 5.75. The van der Waals surface area contributed by atoms with Gasteiger partial charge in [0.2, 0.25) is 5.16 Å². The molecule has 1 aromatic heterocycles. The maximum Gasteiger partial charge on any atom is 0.214 e. The first-order chi connectivity index (χ1) is 9.24. The van der Waals surface area contributed by atoms with Gasteiger partial charge in [0, 0.05) is 5.25 Å². The van der Waals surface area contributed by atoms with Crippen molar-refractivity contribution in [2.75, 3.05) is 0 Å². The molecule has 1 aliphatic rings. The maximum atomic E-state index is 9.85. The Kier molecular flexibility index (Phi) is 3.39. The number of benzene rings is 1. The van der Waals surface area contributed by atoms with Crippen molar-refractivity contribution in [2.45, 2.75) is 35.8 Å². The van der Waals surface area contributed by atoms with Crippen LogP contribution in [0.15, 0.2) is 29.4 Å². The minimum atomic E-state index is -0.282. The SMILES string of the molecule is Oc1ccc(-n2nnnc2S[C@@H]2CCC[C@H]2O)cc1. The molecule has 2 aromatic rings. The molecule has 6 nitrogen and oxygen atoms in total. The number of aromatic hydroxyl groups is 1. The molecule has 0 radical (unpaired) electrons. The summed E-state index contributed by atoms with van der Waals surface area (Å²) in [5.74, 6) is 0.206. The van der Waals surface area contributed by atoms with Crippen LogP contribution in [0.2, 0.25) is 0 Å². The number of hydrogen-bond donors (Lipinski definition) is 2. The van der Waals surface area contributed by atoms with Crippen LogP contribution >= 0.6 is 11.8 Å². The molecule has 1 saturated carbocycles. The van der Waals surface area contributed by atoms with E-state index in [1.165, 1.54) is 11.8 Å². The Labute approximate surface area is 114 Å². The highest BCUT2D eigenvalue weighted by atomic mass is 32.2. The Balaban J connectivity index is 1.84. The molecule has 7 heteroatoms. The summed E-state index contributed by atoms with van der Waals surface area (Å²) in [6.45, 7) is 0. The van der Waals surface area contributed by atoms with E-state index in [4.69, 9.17) is 0 Å². The van der Waals surface area contributed by atoms with Crippen molar-refractivity contribution >= 4 is 11.8 Å². The van der Waals surface area contributed by atoms with E-state index in [0.717, 1.165) is 24.9 Å². The summed E-state index contributed by atoms with van der Waals surface area (Å²) in [7, 11) is 0. The summed E-state index contributed by atoms with van der Waals surface area (Å²) < 4.78 is 1.62. The minimum Gasteiger partial charge on any atom is -0.508 e. The van der Waals surface area contributed by atoms with Gasteiger partial charge in [-0.05, 0) is 54.0 Å². The Morgan fingerprint density at radius 3 is 2.68 bits per heavy atom. The summed E-state index contributed by atoms with van der Waals surface area (Å²) in [5, 5.41) is 31.6. The molecule has 1 heterocycles. The lowest BCUT2D eigenvalue weighted by Gasteiger charge is -2.12. The fourth-order valence-corrected chi connectivity index (χ4v) is 3.36. The molecule has 2 N–H and O–H groups in total. The van der Waals surface area contributed by atoms with Crippen molar-refractivity contribution in [3.05, 3.63) is 24.3 Å². The van der Waals surface area contributed by atoms with Crippen molar-refractivity contribution < 1.29 is 10.2 Å². The van der Waals surface area contributed by atoms with Gasteiger partial charge in [0.15, 0.2) is 0 Å². The highest BCUT2D eigenvalue weighted by Gasteiger charge is 2.28. The molecular weight excluding hydrogens is 264 g/mol. The molecule has 1 aromatic carbocycles.